The van der Waals surface area contributed by atoms with E-state index in [9.17, 15) is 0 Å². The average molecular weight is 162 g/mol. The first-order valence-corrected chi connectivity index (χ1v) is 4.52. The molecule has 0 atom stereocenters. The molecule has 2 nitrogen and oxygen atoms in total. The van der Waals surface area contributed by atoms with Crippen molar-refractivity contribution in [1.29, 1.82) is 0 Å². The summed E-state index contributed by atoms with van der Waals surface area (Å²) in [5.74, 6) is 0. The standard InChI is InChI=1S/C10H14N2/c1-2-5-9(6-3-1)11-12-10-7-4-8-10/h1-3,5-6,10-12H,4,7-8H2. The Balaban J connectivity index is 1.79. The van der Waals surface area contributed by atoms with Crippen LogP contribution in [0.1, 0.15) is 19.3 Å². The highest BCUT2D eigenvalue weighted by molar-refractivity contribution is 5.41. The van der Waals surface area contributed by atoms with E-state index in [0.29, 0.717) is 6.04 Å². The fraction of sp³-hybridized carbons (Fsp3) is 0.400. The third-order valence-corrected chi connectivity index (χ3v) is 2.30. The first kappa shape index (κ1) is 7.62. The highest BCUT2D eigenvalue weighted by Gasteiger charge is 2.15. The van der Waals surface area contributed by atoms with E-state index in [2.05, 4.69) is 23.0 Å². The van der Waals surface area contributed by atoms with E-state index in [4.69, 9.17) is 0 Å². The van der Waals surface area contributed by atoms with Crippen LogP contribution in [-0.4, -0.2) is 6.04 Å². The number of hydrazine groups is 1. The molecule has 0 aromatic heterocycles. The zero-order valence-corrected chi connectivity index (χ0v) is 7.09. The van der Waals surface area contributed by atoms with E-state index in [-0.39, 0.29) is 0 Å². The Morgan fingerprint density at radius 1 is 1.08 bits per heavy atom. The van der Waals surface area contributed by atoms with Gasteiger partial charge in [0.05, 0.1) is 0 Å². The van der Waals surface area contributed by atoms with Gasteiger partial charge in [0.25, 0.3) is 0 Å². The van der Waals surface area contributed by atoms with E-state index < -0.39 is 0 Å². The molecule has 1 aromatic rings. The number of rotatable bonds is 3. The van der Waals surface area contributed by atoms with E-state index in [1.807, 2.05) is 18.2 Å². The predicted octanol–water partition coefficient (Wildman–Crippen LogP) is 2.16. The minimum absolute atomic E-state index is 0.685. The number of hydrogen-bond acceptors (Lipinski definition) is 2. The third kappa shape index (κ3) is 1.77. The van der Waals surface area contributed by atoms with Crippen molar-refractivity contribution in [3.63, 3.8) is 0 Å². The molecule has 0 aliphatic heterocycles. The highest BCUT2D eigenvalue weighted by atomic mass is 15.4. The second-order valence-corrected chi connectivity index (χ2v) is 3.26. The van der Waals surface area contributed by atoms with Crippen molar-refractivity contribution in [2.45, 2.75) is 25.3 Å². The maximum Gasteiger partial charge on any atom is 0.0487 e. The van der Waals surface area contributed by atoms with Crippen molar-refractivity contribution in [2.75, 3.05) is 5.43 Å². The van der Waals surface area contributed by atoms with Gasteiger partial charge in [-0.15, -0.1) is 0 Å². The van der Waals surface area contributed by atoms with Crippen molar-refractivity contribution in [3.05, 3.63) is 30.3 Å². The van der Waals surface area contributed by atoms with Crippen LogP contribution in [0, 0.1) is 0 Å². The second-order valence-electron chi connectivity index (χ2n) is 3.26. The molecule has 0 spiro atoms. The minimum atomic E-state index is 0.685. The summed E-state index contributed by atoms with van der Waals surface area (Å²) in [5.41, 5.74) is 7.62. The lowest BCUT2D eigenvalue weighted by Crippen LogP contribution is -2.38. The van der Waals surface area contributed by atoms with E-state index in [1.165, 1.54) is 19.3 Å². The lowest BCUT2D eigenvalue weighted by atomic mass is 9.94. The van der Waals surface area contributed by atoms with Gasteiger partial charge in [-0.3, -0.25) is 0 Å². The monoisotopic (exact) mass is 162 g/mol. The Kier molecular flexibility index (Phi) is 2.28. The number of benzene rings is 1. The zero-order valence-electron chi connectivity index (χ0n) is 7.09. The molecular weight excluding hydrogens is 148 g/mol. The Morgan fingerprint density at radius 3 is 2.42 bits per heavy atom. The maximum atomic E-state index is 3.29. The van der Waals surface area contributed by atoms with Gasteiger partial charge in [-0.1, -0.05) is 24.6 Å². The van der Waals surface area contributed by atoms with Gasteiger partial charge >= 0.3 is 0 Å². The molecular formula is C10H14N2. The molecule has 2 heteroatoms. The Morgan fingerprint density at radius 2 is 1.83 bits per heavy atom. The second kappa shape index (κ2) is 3.59. The first-order valence-electron chi connectivity index (χ1n) is 4.52. The number of para-hydroxylation sites is 1. The quantitative estimate of drug-likeness (QED) is 0.665. The topological polar surface area (TPSA) is 24.1 Å². The zero-order chi connectivity index (χ0) is 8.23. The van der Waals surface area contributed by atoms with Gasteiger partial charge in [-0.05, 0) is 25.0 Å². The average Bonchev–Trinajstić information content (AvgIpc) is 2.04. The van der Waals surface area contributed by atoms with Gasteiger partial charge < -0.3 is 5.43 Å². The van der Waals surface area contributed by atoms with Crippen molar-refractivity contribution in [2.24, 2.45) is 0 Å². The first-order chi connectivity index (χ1) is 5.95. The lowest BCUT2D eigenvalue weighted by molar-refractivity contribution is 0.360. The summed E-state index contributed by atoms with van der Waals surface area (Å²) in [6.45, 7) is 0. The van der Waals surface area contributed by atoms with E-state index in [0.717, 1.165) is 5.69 Å². The Bertz CT molecular complexity index is 229. The van der Waals surface area contributed by atoms with Crippen LogP contribution in [-0.2, 0) is 0 Å². The van der Waals surface area contributed by atoms with Crippen LogP contribution in [0.5, 0.6) is 0 Å². The Hall–Kier alpha value is -1.02. The number of hydrogen-bond donors (Lipinski definition) is 2. The molecule has 1 aliphatic carbocycles. The summed E-state index contributed by atoms with van der Waals surface area (Å²) in [4.78, 5) is 0. The van der Waals surface area contributed by atoms with Crippen LogP contribution in [0.2, 0.25) is 0 Å². The number of nitrogens with one attached hydrogen (secondary N) is 2. The fourth-order valence-electron chi connectivity index (χ4n) is 1.26. The summed E-state index contributed by atoms with van der Waals surface area (Å²) in [5, 5.41) is 0. The summed E-state index contributed by atoms with van der Waals surface area (Å²) in [6, 6.07) is 10.9. The van der Waals surface area contributed by atoms with Gasteiger partial charge in [-0.25, -0.2) is 5.43 Å². The lowest BCUT2D eigenvalue weighted by Gasteiger charge is -2.27. The van der Waals surface area contributed by atoms with E-state index >= 15 is 0 Å². The molecule has 12 heavy (non-hydrogen) atoms. The summed E-state index contributed by atoms with van der Waals surface area (Å²) in [6.07, 6.45) is 3.98. The molecule has 0 bridgehead atoms. The van der Waals surface area contributed by atoms with Gasteiger partial charge in [0.15, 0.2) is 0 Å². The SMILES string of the molecule is c1ccc(NNC2CCC2)cc1. The van der Waals surface area contributed by atoms with Crippen LogP contribution < -0.4 is 10.9 Å². The molecule has 2 rings (SSSR count). The molecule has 0 heterocycles. The van der Waals surface area contributed by atoms with Crippen molar-refractivity contribution in [3.8, 4) is 0 Å². The van der Waals surface area contributed by atoms with Crippen LogP contribution in [0.4, 0.5) is 5.69 Å². The van der Waals surface area contributed by atoms with Gasteiger partial charge in [0.2, 0.25) is 0 Å². The normalized spacial score (nSPS) is 17.0. The number of anilines is 1. The summed E-state index contributed by atoms with van der Waals surface area (Å²) >= 11 is 0. The van der Waals surface area contributed by atoms with Crippen LogP contribution >= 0.6 is 0 Å². The van der Waals surface area contributed by atoms with Gasteiger partial charge in [-0.2, -0.15) is 0 Å². The molecule has 1 fully saturated rings. The van der Waals surface area contributed by atoms with Crippen molar-refractivity contribution >= 4 is 5.69 Å². The third-order valence-electron chi connectivity index (χ3n) is 2.30. The molecule has 1 aromatic carbocycles. The van der Waals surface area contributed by atoms with Crippen LogP contribution in [0.3, 0.4) is 0 Å². The molecule has 1 aliphatic rings. The summed E-state index contributed by atoms with van der Waals surface area (Å²) < 4.78 is 0. The molecule has 0 saturated heterocycles. The predicted molar refractivity (Wildman–Crippen MR) is 50.8 cm³/mol. The molecule has 0 radical (unpaired) electrons. The smallest absolute Gasteiger partial charge is 0.0487 e. The van der Waals surface area contributed by atoms with Crippen LogP contribution in [0.15, 0.2) is 30.3 Å². The summed E-state index contributed by atoms with van der Waals surface area (Å²) in [7, 11) is 0. The van der Waals surface area contributed by atoms with Gasteiger partial charge in [0, 0.05) is 11.7 Å². The van der Waals surface area contributed by atoms with Crippen LogP contribution in [0.25, 0.3) is 0 Å². The molecule has 0 unspecified atom stereocenters. The molecule has 2 N–H and O–H groups in total. The molecule has 0 amide bonds. The fourth-order valence-corrected chi connectivity index (χ4v) is 1.26. The maximum absolute atomic E-state index is 3.29. The Labute approximate surface area is 73.0 Å². The van der Waals surface area contributed by atoms with E-state index in [1.54, 1.807) is 0 Å². The minimum Gasteiger partial charge on any atom is -0.321 e. The highest BCUT2D eigenvalue weighted by Crippen LogP contribution is 2.18. The molecule has 64 valence electrons. The molecule has 1 saturated carbocycles. The van der Waals surface area contributed by atoms with Crippen molar-refractivity contribution < 1.29 is 0 Å². The largest absolute Gasteiger partial charge is 0.321 e. The van der Waals surface area contributed by atoms with Crippen molar-refractivity contribution in [1.82, 2.24) is 5.43 Å². The van der Waals surface area contributed by atoms with Gasteiger partial charge in [0.1, 0.15) is 0 Å².